The summed E-state index contributed by atoms with van der Waals surface area (Å²) in [5.74, 6) is 1.69. The van der Waals surface area contributed by atoms with Gasteiger partial charge in [0.05, 0.1) is 4.90 Å². The predicted octanol–water partition coefficient (Wildman–Crippen LogP) is 1.54. The van der Waals surface area contributed by atoms with E-state index in [1.807, 2.05) is 0 Å². The van der Waals surface area contributed by atoms with Crippen LogP contribution in [0.2, 0.25) is 5.02 Å². The number of hydrogen-bond donors (Lipinski definition) is 1. The van der Waals surface area contributed by atoms with Gasteiger partial charge in [-0.05, 0) is 23.8 Å². The standard InChI is InChI=1S/C11H15ClN2O2S2/c12-11-2-1-10(7-9(11)8-13)18(15,16)14-3-5-17-6-4-14/h1-2,7H,3-6,8,13H2. The third kappa shape index (κ3) is 2.83. The van der Waals surface area contributed by atoms with Crippen molar-refractivity contribution in [3.63, 3.8) is 0 Å². The van der Waals surface area contributed by atoms with Crippen molar-refractivity contribution >= 4 is 33.4 Å². The molecule has 0 aromatic heterocycles. The summed E-state index contributed by atoms with van der Waals surface area (Å²) >= 11 is 7.71. The Hall–Kier alpha value is -0.270. The van der Waals surface area contributed by atoms with Gasteiger partial charge in [0.1, 0.15) is 0 Å². The van der Waals surface area contributed by atoms with E-state index in [-0.39, 0.29) is 11.4 Å². The Labute approximate surface area is 117 Å². The monoisotopic (exact) mass is 306 g/mol. The number of halogens is 1. The molecule has 0 unspecified atom stereocenters. The minimum absolute atomic E-state index is 0.234. The van der Waals surface area contributed by atoms with Crippen LogP contribution in [0.1, 0.15) is 5.56 Å². The minimum atomic E-state index is -3.41. The Bertz CT molecular complexity index is 528. The number of sulfonamides is 1. The van der Waals surface area contributed by atoms with Gasteiger partial charge in [-0.3, -0.25) is 0 Å². The number of thioether (sulfide) groups is 1. The second-order valence-corrected chi connectivity index (χ2v) is 7.54. The van der Waals surface area contributed by atoms with Crippen molar-refractivity contribution in [2.75, 3.05) is 24.6 Å². The molecule has 0 atom stereocenters. The Balaban J connectivity index is 2.34. The normalized spacial score (nSPS) is 17.9. The van der Waals surface area contributed by atoms with Gasteiger partial charge in [-0.2, -0.15) is 16.1 Å². The van der Waals surface area contributed by atoms with Gasteiger partial charge in [0.25, 0.3) is 0 Å². The third-order valence-corrected chi connectivity index (χ3v) is 6.05. The fourth-order valence-electron chi connectivity index (χ4n) is 1.80. The smallest absolute Gasteiger partial charge is 0.243 e. The van der Waals surface area contributed by atoms with Crippen LogP contribution in [-0.4, -0.2) is 37.3 Å². The second kappa shape index (κ2) is 5.79. The first-order chi connectivity index (χ1) is 8.55. The lowest BCUT2D eigenvalue weighted by Crippen LogP contribution is -2.37. The first-order valence-corrected chi connectivity index (χ1v) is 8.59. The van der Waals surface area contributed by atoms with Gasteiger partial charge in [0.2, 0.25) is 10.0 Å². The van der Waals surface area contributed by atoms with Crippen LogP contribution in [0.25, 0.3) is 0 Å². The zero-order valence-corrected chi connectivity index (χ0v) is 12.2. The number of hydrogen-bond acceptors (Lipinski definition) is 4. The average Bonchev–Trinajstić information content (AvgIpc) is 2.40. The molecule has 1 aliphatic rings. The van der Waals surface area contributed by atoms with Gasteiger partial charge in [0.15, 0.2) is 0 Å². The zero-order valence-electron chi connectivity index (χ0n) is 9.80. The van der Waals surface area contributed by atoms with Gasteiger partial charge in [-0.15, -0.1) is 0 Å². The topological polar surface area (TPSA) is 63.4 Å². The summed E-state index contributed by atoms with van der Waals surface area (Å²) in [6, 6.07) is 4.70. The van der Waals surface area contributed by atoms with Crippen LogP contribution >= 0.6 is 23.4 Å². The molecule has 0 amide bonds. The highest BCUT2D eigenvalue weighted by Gasteiger charge is 2.26. The van der Waals surface area contributed by atoms with Crippen molar-refractivity contribution in [3.8, 4) is 0 Å². The minimum Gasteiger partial charge on any atom is -0.326 e. The summed E-state index contributed by atoms with van der Waals surface area (Å²) in [5, 5.41) is 0.505. The molecule has 1 saturated heterocycles. The molecule has 1 heterocycles. The Kier molecular flexibility index (Phi) is 4.55. The molecule has 18 heavy (non-hydrogen) atoms. The van der Waals surface area contributed by atoms with E-state index in [0.717, 1.165) is 11.5 Å². The van der Waals surface area contributed by atoms with Gasteiger partial charge in [-0.25, -0.2) is 8.42 Å². The van der Waals surface area contributed by atoms with Gasteiger partial charge in [0, 0.05) is 36.2 Å². The van der Waals surface area contributed by atoms with Crippen molar-refractivity contribution in [1.82, 2.24) is 4.31 Å². The molecule has 2 N–H and O–H groups in total. The number of nitrogens with two attached hydrogens (primary N) is 1. The number of rotatable bonds is 3. The van der Waals surface area contributed by atoms with E-state index in [2.05, 4.69) is 0 Å². The van der Waals surface area contributed by atoms with Gasteiger partial charge >= 0.3 is 0 Å². The van der Waals surface area contributed by atoms with Crippen LogP contribution < -0.4 is 5.73 Å². The SMILES string of the molecule is NCc1cc(S(=O)(=O)N2CCSCC2)ccc1Cl. The maximum atomic E-state index is 12.4. The highest BCUT2D eigenvalue weighted by Crippen LogP contribution is 2.24. The summed E-state index contributed by atoms with van der Waals surface area (Å²) < 4.78 is 26.3. The van der Waals surface area contributed by atoms with Crippen LogP contribution in [-0.2, 0) is 16.6 Å². The summed E-state index contributed by atoms with van der Waals surface area (Å²) in [6.45, 7) is 1.36. The molecule has 0 saturated carbocycles. The zero-order chi connectivity index (χ0) is 13.2. The van der Waals surface area contributed by atoms with Gasteiger partial charge in [-0.1, -0.05) is 11.6 Å². The van der Waals surface area contributed by atoms with E-state index < -0.39 is 10.0 Å². The van der Waals surface area contributed by atoms with Crippen molar-refractivity contribution in [2.45, 2.75) is 11.4 Å². The molecule has 1 aromatic rings. The fourth-order valence-corrected chi connectivity index (χ4v) is 4.63. The molecule has 100 valence electrons. The maximum Gasteiger partial charge on any atom is 0.243 e. The molecule has 1 fully saturated rings. The predicted molar refractivity (Wildman–Crippen MR) is 75.4 cm³/mol. The van der Waals surface area contributed by atoms with Crippen LogP contribution in [0.5, 0.6) is 0 Å². The molecule has 2 rings (SSSR count). The highest BCUT2D eigenvalue weighted by molar-refractivity contribution is 7.99. The van der Waals surface area contributed by atoms with Crippen molar-refractivity contribution < 1.29 is 8.42 Å². The van der Waals surface area contributed by atoms with Crippen LogP contribution in [0.4, 0.5) is 0 Å². The Morgan fingerprint density at radius 3 is 2.61 bits per heavy atom. The summed E-state index contributed by atoms with van der Waals surface area (Å²) in [6.07, 6.45) is 0. The largest absolute Gasteiger partial charge is 0.326 e. The lowest BCUT2D eigenvalue weighted by molar-refractivity contribution is 0.443. The molecule has 0 aliphatic carbocycles. The number of benzene rings is 1. The molecule has 0 bridgehead atoms. The van der Waals surface area contributed by atoms with E-state index in [4.69, 9.17) is 17.3 Å². The molecular weight excluding hydrogens is 292 g/mol. The van der Waals surface area contributed by atoms with Crippen molar-refractivity contribution in [2.24, 2.45) is 5.73 Å². The molecular formula is C11H15ClN2O2S2. The quantitative estimate of drug-likeness (QED) is 0.920. The fraction of sp³-hybridized carbons (Fsp3) is 0.455. The number of nitrogens with zero attached hydrogens (tertiary/aromatic N) is 1. The summed E-state index contributed by atoms with van der Waals surface area (Å²) in [7, 11) is -3.41. The first kappa shape index (κ1) is 14.1. The molecule has 0 spiro atoms. The maximum absolute atomic E-state index is 12.4. The average molecular weight is 307 g/mol. The molecule has 1 aromatic carbocycles. The lowest BCUT2D eigenvalue weighted by Gasteiger charge is -2.25. The van der Waals surface area contributed by atoms with Crippen molar-refractivity contribution in [1.29, 1.82) is 0 Å². The van der Waals surface area contributed by atoms with E-state index in [0.29, 0.717) is 23.7 Å². The highest BCUT2D eigenvalue weighted by atomic mass is 35.5. The van der Waals surface area contributed by atoms with E-state index in [1.54, 1.807) is 30.0 Å². The van der Waals surface area contributed by atoms with Crippen LogP contribution in [0, 0.1) is 0 Å². The van der Waals surface area contributed by atoms with E-state index >= 15 is 0 Å². The van der Waals surface area contributed by atoms with Crippen molar-refractivity contribution in [3.05, 3.63) is 28.8 Å². The summed E-state index contributed by atoms with van der Waals surface area (Å²) in [4.78, 5) is 0.277. The summed E-state index contributed by atoms with van der Waals surface area (Å²) in [5.41, 5.74) is 6.20. The lowest BCUT2D eigenvalue weighted by atomic mass is 10.2. The molecule has 1 aliphatic heterocycles. The Morgan fingerprint density at radius 1 is 1.33 bits per heavy atom. The Morgan fingerprint density at radius 2 is 2.00 bits per heavy atom. The van der Waals surface area contributed by atoms with E-state index in [1.165, 1.54) is 4.31 Å². The molecule has 0 radical (unpaired) electrons. The van der Waals surface area contributed by atoms with Gasteiger partial charge < -0.3 is 5.73 Å². The van der Waals surface area contributed by atoms with Crippen LogP contribution in [0.3, 0.4) is 0 Å². The first-order valence-electron chi connectivity index (χ1n) is 5.62. The second-order valence-electron chi connectivity index (χ2n) is 3.97. The molecule has 4 nitrogen and oxygen atoms in total. The third-order valence-electron chi connectivity index (χ3n) is 2.84. The molecule has 7 heteroatoms. The van der Waals surface area contributed by atoms with Crippen LogP contribution in [0.15, 0.2) is 23.1 Å². The van der Waals surface area contributed by atoms with E-state index in [9.17, 15) is 8.42 Å².